The van der Waals surface area contributed by atoms with E-state index in [2.05, 4.69) is 10.3 Å². The van der Waals surface area contributed by atoms with Crippen LogP contribution in [-0.2, 0) is 17.6 Å². The number of nitrogens with one attached hydrogen (secondary N) is 1. The van der Waals surface area contributed by atoms with Gasteiger partial charge in [0.05, 0.1) is 17.1 Å². The third-order valence-electron chi connectivity index (χ3n) is 5.23. The predicted molar refractivity (Wildman–Crippen MR) is 133 cm³/mol. The van der Waals surface area contributed by atoms with Gasteiger partial charge in [-0.15, -0.1) is 11.3 Å². The Hall–Kier alpha value is -2.35. The number of hydrogen-bond donors (Lipinski definition) is 1. The van der Waals surface area contributed by atoms with E-state index in [0.717, 1.165) is 52.1 Å². The number of thioether (sulfide) groups is 1. The van der Waals surface area contributed by atoms with Crippen molar-refractivity contribution in [2.24, 2.45) is 0 Å². The minimum atomic E-state index is -0.125. The van der Waals surface area contributed by atoms with E-state index in [0.29, 0.717) is 17.0 Å². The summed E-state index contributed by atoms with van der Waals surface area (Å²) < 4.78 is 0. The Balaban J connectivity index is 1.35. The molecule has 2 amide bonds. The van der Waals surface area contributed by atoms with Crippen molar-refractivity contribution in [2.45, 2.75) is 19.8 Å². The monoisotopic (exact) mass is 485 g/mol. The molecule has 2 heterocycles. The van der Waals surface area contributed by atoms with E-state index in [1.54, 1.807) is 17.4 Å². The quantitative estimate of drug-likeness (QED) is 0.529. The number of amides is 2. The van der Waals surface area contributed by atoms with Crippen LogP contribution in [0.2, 0.25) is 5.02 Å². The first kappa shape index (κ1) is 22.8. The van der Waals surface area contributed by atoms with E-state index >= 15 is 0 Å². The topological polar surface area (TPSA) is 62.3 Å². The lowest BCUT2D eigenvalue weighted by Gasteiger charge is -2.26. The molecule has 8 heteroatoms. The van der Waals surface area contributed by atoms with Gasteiger partial charge in [0.15, 0.2) is 0 Å². The molecule has 1 fully saturated rings. The molecule has 0 saturated carbocycles. The fourth-order valence-electron chi connectivity index (χ4n) is 3.58. The third-order valence-corrected chi connectivity index (χ3v) is 7.31. The molecule has 0 spiro atoms. The summed E-state index contributed by atoms with van der Waals surface area (Å²) in [5.41, 5.74) is 4.09. The van der Waals surface area contributed by atoms with Crippen molar-refractivity contribution in [1.29, 1.82) is 0 Å². The number of anilines is 1. The summed E-state index contributed by atoms with van der Waals surface area (Å²) in [5, 5.41) is 6.53. The molecule has 166 valence electrons. The highest BCUT2D eigenvalue weighted by Crippen LogP contribution is 2.21. The molecule has 1 N–H and O–H groups in total. The molecule has 32 heavy (non-hydrogen) atoms. The van der Waals surface area contributed by atoms with Crippen LogP contribution in [0, 0.1) is 6.92 Å². The molecule has 1 aromatic heterocycles. The summed E-state index contributed by atoms with van der Waals surface area (Å²) in [7, 11) is 0. The molecule has 0 atom stereocenters. The van der Waals surface area contributed by atoms with E-state index in [4.69, 9.17) is 11.6 Å². The second-order valence-corrected chi connectivity index (χ2v) is 10.3. The van der Waals surface area contributed by atoms with Crippen LogP contribution in [0.1, 0.15) is 32.2 Å². The second kappa shape index (κ2) is 10.5. The van der Waals surface area contributed by atoms with Crippen molar-refractivity contribution in [1.82, 2.24) is 9.88 Å². The average Bonchev–Trinajstić information content (AvgIpc) is 3.21. The first-order valence-corrected chi connectivity index (χ1v) is 12.8. The van der Waals surface area contributed by atoms with Crippen molar-refractivity contribution in [3.05, 3.63) is 80.3 Å². The maximum Gasteiger partial charge on any atom is 0.253 e. The Morgan fingerprint density at radius 3 is 2.72 bits per heavy atom. The van der Waals surface area contributed by atoms with Crippen molar-refractivity contribution >= 4 is 52.2 Å². The number of carbonyl (C=O) groups is 2. The van der Waals surface area contributed by atoms with Gasteiger partial charge in [0, 0.05) is 52.7 Å². The molecule has 4 rings (SSSR count). The summed E-state index contributed by atoms with van der Waals surface area (Å²) >= 11 is 9.47. The third kappa shape index (κ3) is 5.91. The van der Waals surface area contributed by atoms with Crippen molar-refractivity contribution in [3.63, 3.8) is 0 Å². The second-order valence-electron chi connectivity index (χ2n) is 7.70. The van der Waals surface area contributed by atoms with E-state index in [1.165, 1.54) is 0 Å². The largest absolute Gasteiger partial charge is 0.337 e. The predicted octanol–water partition coefficient (Wildman–Crippen LogP) is 5.07. The molecule has 2 aromatic carbocycles. The molecule has 0 unspecified atom stereocenters. The molecule has 5 nitrogen and oxygen atoms in total. The van der Waals surface area contributed by atoms with Crippen LogP contribution in [0.25, 0.3) is 0 Å². The lowest BCUT2D eigenvalue weighted by atomic mass is 10.1. The zero-order valence-corrected chi connectivity index (χ0v) is 20.2. The van der Waals surface area contributed by atoms with Gasteiger partial charge >= 0.3 is 0 Å². The van der Waals surface area contributed by atoms with Crippen LogP contribution in [0.15, 0.2) is 47.8 Å². The highest BCUT2D eigenvalue weighted by Gasteiger charge is 2.19. The Labute approximate surface area is 201 Å². The molecular formula is C24H24ClN3O2S2. The van der Waals surface area contributed by atoms with Crippen LogP contribution >= 0.6 is 34.7 Å². The van der Waals surface area contributed by atoms with Gasteiger partial charge < -0.3 is 10.2 Å². The van der Waals surface area contributed by atoms with Gasteiger partial charge in [-0.25, -0.2) is 4.98 Å². The molecule has 1 aliphatic heterocycles. The number of aryl methyl sites for hydroxylation is 1. The summed E-state index contributed by atoms with van der Waals surface area (Å²) in [6.45, 7) is 3.48. The lowest BCUT2D eigenvalue weighted by Crippen LogP contribution is -2.37. The van der Waals surface area contributed by atoms with E-state index in [1.807, 2.05) is 65.4 Å². The van der Waals surface area contributed by atoms with Crippen LogP contribution < -0.4 is 5.32 Å². The normalized spacial score (nSPS) is 13.8. The summed E-state index contributed by atoms with van der Waals surface area (Å²) in [4.78, 5) is 31.8. The van der Waals surface area contributed by atoms with Crippen molar-refractivity contribution < 1.29 is 9.59 Å². The fourth-order valence-corrected chi connectivity index (χ4v) is 5.52. The number of nitrogens with zero attached hydrogens (tertiary/aromatic N) is 2. The van der Waals surface area contributed by atoms with Gasteiger partial charge in [-0.2, -0.15) is 11.8 Å². The first-order chi connectivity index (χ1) is 15.5. The summed E-state index contributed by atoms with van der Waals surface area (Å²) in [5.74, 6) is 1.90. The number of benzene rings is 2. The van der Waals surface area contributed by atoms with Crippen molar-refractivity contribution in [3.8, 4) is 0 Å². The van der Waals surface area contributed by atoms with Crippen LogP contribution in [-0.4, -0.2) is 46.3 Å². The standard InChI is InChI=1S/C24H24ClN3O2S2/c1-16-11-18(24(30)28-7-9-31-10-8-28)5-6-21(16)27-22(29)14-20-15-32-23(26-20)13-17-3-2-4-19(25)12-17/h2-6,11-12,15H,7-10,13-14H2,1H3,(H,27,29). The number of aromatic nitrogens is 1. The Morgan fingerprint density at radius 2 is 1.97 bits per heavy atom. The Bertz CT molecular complexity index is 1130. The molecular weight excluding hydrogens is 462 g/mol. The highest BCUT2D eigenvalue weighted by molar-refractivity contribution is 7.99. The van der Waals surface area contributed by atoms with Crippen LogP contribution in [0.3, 0.4) is 0 Å². The lowest BCUT2D eigenvalue weighted by molar-refractivity contribution is -0.115. The van der Waals surface area contributed by atoms with E-state index < -0.39 is 0 Å². The number of thiazole rings is 1. The van der Waals surface area contributed by atoms with Gasteiger partial charge in [0.25, 0.3) is 5.91 Å². The highest BCUT2D eigenvalue weighted by atomic mass is 35.5. The minimum Gasteiger partial charge on any atom is -0.337 e. The minimum absolute atomic E-state index is 0.0565. The zero-order valence-electron chi connectivity index (χ0n) is 17.8. The first-order valence-electron chi connectivity index (χ1n) is 10.4. The number of rotatable bonds is 6. The van der Waals surface area contributed by atoms with Crippen molar-refractivity contribution in [2.75, 3.05) is 29.9 Å². The SMILES string of the molecule is Cc1cc(C(=O)N2CCSCC2)ccc1NC(=O)Cc1csc(Cc2cccc(Cl)c2)n1. The van der Waals surface area contributed by atoms with Gasteiger partial charge in [-0.05, 0) is 48.4 Å². The average molecular weight is 486 g/mol. The summed E-state index contributed by atoms with van der Waals surface area (Å²) in [6, 6.07) is 13.2. The summed E-state index contributed by atoms with van der Waals surface area (Å²) in [6.07, 6.45) is 0.898. The zero-order chi connectivity index (χ0) is 22.5. The molecule has 0 aliphatic carbocycles. The maximum absolute atomic E-state index is 12.7. The van der Waals surface area contributed by atoms with Crippen LogP contribution in [0.5, 0.6) is 0 Å². The molecule has 1 aliphatic rings. The van der Waals surface area contributed by atoms with Gasteiger partial charge in [0.2, 0.25) is 5.91 Å². The smallest absolute Gasteiger partial charge is 0.253 e. The molecule has 0 bridgehead atoms. The Kier molecular flexibility index (Phi) is 7.50. The number of carbonyl (C=O) groups excluding carboxylic acids is 2. The molecule has 3 aromatic rings. The maximum atomic E-state index is 12.7. The number of hydrogen-bond acceptors (Lipinski definition) is 5. The molecule has 0 radical (unpaired) electrons. The van der Waals surface area contributed by atoms with Gasteiger partial charge in [-0.1, -0.05) is 23.7 Å². The van der Waals surface area contributed by atoms with Crippen LogP contribution in [0.4, 0.5) is 5.69 Å². The fraction of sp³-hybridized carbons (Fsp3) is 0.292. The van der Waals surface area contributed by atoms with E-state index in [9.17, 15) is 9.59 Å². The molecule has 1 saturated heterocycles. The Morgan fingerprint density at radius 1 is 1.16 bits per heavy atom. The van der Waals surface area contributed by atoms with E-state index in [-0.39, 0.29) is 18.2 Å². The number of halogens is 1. The van der Waals surface area contributed by atoms with Gasteiger partial charge in [0.1, 0.15) is 0 Å². The van der Waals surface area contributed by atoms with Gasteiger partial charge in [-0.3, -0.25) is 9.59 Å².